The number of allylic oxidation sites excluding steroid dienone is 4. The van der Waals surface area contributed by atoms with Crippen molar-refractivity contribution in [3.63, 3.8) is 0 Å². The van der Waals surface area contributed by atoms with Gasteiger partial charge in [0.25, 0.3) is 0 Å². The SMILES string of the molecule is C/C1=C\CCCC[C@H](c2c(Cl)cccc2Cl)/C=C\CC1(C#N)C#N. The lowest BCUT2D eigenvalue weighted by Crippen LogP contribution is -2.17. The molecule has 0 spiro atoms. The molecule has 2 rings (SSSR count). The first-order valence-corrected chi connectivity index (χ1v) is 8.90. The molecule has 0 saturated heterocycles. The van der Waals surface area contributed by atoms with Crippen molar-refractivity contribution < 1.29 is 0 Å². The van der Waals surface area contributed by atoms with Gasteiger partial charge >= 0.3 is 0 Å². The molecule has 124 valence electrons. The van der Waals surface area contributed by atoms with Crippen LogP contribution in [0.2, 0.25) is 10.0 Å². The average molecular weight is 359 g/mol. The molecule has 0 radical (unpaired) electrons. The molecule has 0 amide bonds. The molecule has 0 fully saturated rings. The Labute approximate surface area is 154 Å². The molecule has 1 atom stereocenters. The molecule has 1 aliphatic carbocycles. The third-order valence-corrected chi connectivity index (χ3v) is 5.30. The van der Waals surface area contributed by atoms with E-state index in [0.29, 0.717) is 16.5 Å². The number of halogens is 2. The highest BCUT2D eigenvalue weighted by atomic mass is 35.5. The highest BCUT2D eigenvalue weighted by Gasteiger charge is 2.31. The maximum Gasteiger partial charge on any atom is 0.167 e. The fourth-order valence-electron chi connectivity index (χ4n) is 3.07. The van der Waals surface area contributed by atoms with Crippen LogP contribution >= 0.6 is 23.2 Å². The summed E-state index contributed by atoms with van der Waals surface area (Å²) >= 11 is 12.7. The van der Waals surface area contributed by atoms with E-state index in [0.717, 1.165) is 36.8 Å². The van der Waals surface area contributed by atoms with Crippen molar-refractivity contribution in [3.8, 4) is 12.1 Å². The summed E-state index contributed by atoms with van der Waals surface area (Å²) in [5.74, 6) is 0.0969. The Hall–Kier alpha value is -1.74. The van der Waals surface area contributed by atoms with Gasteiger partial charge in [-0.15, -0.1) is 0 Å². The first-order valence-electron chi connectivity index (χ1n) is 8.14. The molecule has 1 aliphatic rings. The van der Waals surface area contributed by atoms with E-state index in [1.807, 2.05) is 37.3 Å². The highest BCUT2D eigenvalue weighted by molar-refractivity contribution is 6.36. The Bertz CT molecular complexity index is 701. The molecule has 0 saturated carbocycles. The molecule has 0 N–H and O–H groups in total. The van der Waals surface area contributed by atoms with Gasteiger partial charge in [-0.3, -0.25) is 0 Å². The molecule has 4 heteroatoms. The van der Waals surface area contributed by atoms with Crippen molar-refractivity contribution in [3.05, 3.63) is 57.6 Å². The topological polar surface area (TPSA) is 47.6 Å². The van der Waals surface area contributed by atoms with Crippen LogP contribution in [0, 0.1) is 28.1 Å². The maximum atomic E-state index is 9.54. The van der Waals surface area contributed by atoms with Crippen LogP contribution in [0.3, 0.4) is 0 Å². The van der Waals surface area contributed by atoms with E-state index in [4.69, 9.17) is 23.2 Å². The van der Waals surface area contributed by atoms with Gasteiger partial charge in [0.05, 0.1) is 12.1 Å². The summed E-state index contributed by atoms with van der Waals surface area (Å²) in [5.41, 5.74) is 0.683. The van der Waals surface area contributed by atoms with E-state index in [1.54, 1.807) is 0 Å². The van der Waals surface area contributed by atoms with Gasteiger partial charge in [0, 0.05) is 22.4 Å². The Morgan fingerprint density at radius 2 is 1.79 bits per heavy atom. The number of nitriles is 2. The largest absolute Gasteiger partial charge is 0.196 e. The zero-order valence-electron chi connectivity index (χ0n) is 13.7. The first kappa shape index (κ1) is 18.6. The Morgan fingerprint density at radius 3 is 2.42 bits per heavy atom. The predicted molar refractivity (Wildman–Crippen MR) is 98.8 cm³/mol. The van der Waals surface area contributed by atoms with Crippen LogP contribution in [0.15, 0.2) is 42.0 Å². The Balaban J connectivity index is 2.38. The van der Waals surface area contributed by atoms with Crippen molar-refractivity contribution in [1.82, 2.24) is 0 Å². The van der Waals surface area contributed by atoms with E-state index in [2.05, 4.69) is 18.2 Å². The smallest absolute Gasteiger partial charge is 0.167 e. The lowest BCUT2D eigenvalue weighted by atomic mass is 9.80. The van der Waals surface area contributed by atoms with Crippen molar-refractivity contribution in [1.29, 1.82) is 10.5 Å². The lowest BCUT2D eigenvalue weighted by Gasteiger charge is -2.18. The summed E-state index contributed by atoms with van der Waals surface area (Å²) < 4.78 is 0. The van der Waals surface area contributed by atoms with Gasteiger partial charge in [0.1, 0.15) is 0 Å². The van der Waals surface area contributed by atoms with Crippen molar-refractivity contribution in [2.45, 2.75) is 44.9 Å². The Morgan fingerprint density at radius 1 is 1.12 bits per heavy atom. The lowest BCUT2D eigenvalue weighted by molar-refractivity contribution is 0.622. The summed E-state index contributed by atoms with van der Waals surface area (Å²) in [7, 11) is 0. The van der Waals surface area contributed by atoms with Crippen molar-refractivity contribution in [2.75, 3.05) is 0 Å². The number of nitrogens with zero attached hydrogens (tertiary/aromatic N) is 2. The zero-order chi connectivity index (χ0) is 17.6. The van der Waals surface area contributed by atoms with E-state index < -0.39 is 5.41 Å². The maximum absolute atomic E-state index is 9.54. The fourth-order valence-corrected chi connectivity index (χ4v) is 3.74. The second-order valence-electron chi connectivity index (χ2n) is 6.17. The number of hydrogen-bond acceptors (Lipinski definition) is 2. The monoisotopic (exact) mass is 358 g/mol. The van der Waals surface area contributed by atoms with Gasteiger partial charge in [-0.05, 0) is 49.5 Å². The second-order valence-corrected chi connectivity index (χ2v) is 6.99. The summed E-state index contributed by atoms with van der Waals surface area (Å²) in [5, 5.41) is 20.4. The van der Waals surface area contributed by atoms with Gasteiger partial charge in [0.2, 0.25) is 0 Å². The third-order valence-electron chi connectivity index (χ3n) is 4.64. The quantitative estimate of drug-likeness (QED) is 0.532. The van der Waals surface area contributed by atoms with Crippen LogP contribution in [0.4, 0.5) is 0 Å². The van der Waals surface area contributed by atoms with Crippen LogP contribution in [0.1, 0.15) is 50.5 Å². The van der Waals surface area contributed by atoms with Crippen LogP contribution in [0.5, 0.6) is 0 Å². The van der Waals surface area contributed by atoms with E-state index in [9.17, 15) is 10.5 Å². The van der Waals surface area contributed by atoms with E-state index >= 15 is 0 Å². The number of rotatable bonds is 1. The molecule has 0 aromatic heterocycles. The van der Waals surface area contributed by atoms with Gasteiger partial charge < -0.3 is 0 Å². The zero-order valence-corrected chi connectivity index (χ0v) is 15.2. The van der Waals surface area contributed by atoms with Gasteiger partial charge in [-0.2, -0.15) is 10.5 Å². The van der Waals surface area contributed by atoms with Crippen molar-refractivity contribution >= 4 is 23.2 Å². The summed E-state index contributed by atoms with van der Waals surface area (Å²) in [6.07, 6.45) is 10.3. The molecule has 0 aliphatic heterocycles. The molecule has 0 unspecified atom stereocenters. The number of benzene rings is 1. The summed E-state index contributed by atoms with van der Waals surface area (Å²) in [6, 6.07) is 9.93. The molecule has 1 aromatic carbocycles. The highest BCUT2D eigenvalue weighted by Crippen LogP contribution is 2.37. The standard InChI is InChI=1S/C20H20Cl2N2/c1-15-7-3-2-4-8-16(9-6-12-20(15,13-23)14-24)19-17(21)10-5-11-18(19)22/h5-7,9-11,16H,2-4,8,12H2,1H3/b9-6-,15-7+/t16-/m0/s1. The van der Waals surface area contributed by atoms with Crippen LogP contribution < -0.4 is 0 Å². The molecule has 1 aromatic rings. The van der Waals surface area contributed by atoms with Crippen LogP contribution in [0.25, 0.3) is 0 Å². The van der Waals surface area contributed by atoms with E-state index in [1.165, 1.54) is 0 Å². The molecule has 2 nitrogen and oxygen atoms in total. The first-order chi connectivity index (χ1) is 11.5. The van der Waals surface area contributed by atoms with Crippen LogP contribution in [-0.4, -0.2) is 0 Å². The minimum Gasteiger partial charge on any atom is -0.196 e. The molecule has 24 heavy (non-hydrogen) atoms. The van der Waals surface area contributed by atoms with Crippen LogP contribution in [-0.2, 0) is 0 Å². The minimum absolute atomic E-state index is 0.0969. The summed E-state index contributed by atoms with van der Waals surface area (Å²) in [6.45, 7) is 1.88. The van der Waals surface area contributed by atoms with E-state index in [-0.39, 0.29) is 5.92 Å². The van der Waals surface area contributed by atoms with Gasteiger partial charge in [-0.25, -0.2) is 0 Å². The fraction of sp³-hybridized carbons (Fsp3) is 0.400. The molecular weight excluding hydrogens is 339 g/mol. The average Bonchev–Trinajstić information content (AvgIpc) is 2.60. The second kappa shape index (κ2) is 8.39. The van der Waals surface area contributed by atoms with Gasteiger partial charge in [0.15, 0.2) is 5.41 Å². The molecular formula is C20H20Cl2N2. The number of hydrogen-bond donors (Lipinski definition) is 0. The molecule has 0 heterocycles. The normalized spacial score (nSPS) is 24.5. The third kappa shape index (κ3) is 4.02. The Kier molecular flexibility index (Phi) is 6.50. The molecule has 0 bridgehead atoms. The minimum atomic E-state index is -1.09. The van der Waals surface area contributed by atoms with Crippen molar-refractivity contribution in [2.24, 2.45) is 5.41 Å². The van der Waals surface area contributed by atoms with Gasteiger partial charge in [-0.1, -0.05) is 53.9 Å². The summed E-state index contributed by atoms with van der Waals surface area (Å²) in [4.78, 5) is 0. The predicted octanol–water partition coefficient (Wildman–Crippen LogP) is 6.58.